The molecule has 210 valence electrons. The minimum Gasteiger partial charge on any atom is -0.508 e. The molecule has 4 unspecified atom stereocenters. The van der Waals surface area contributed by atoms with Crippen molar-refractivity contribution in [3.05, 3.63) is 48.0 Å². The number of primary amides is 1. The van der Waals surface area contributed by atoms with Gasteiger partial charge in [0.1, 0.15) is 23.9 Å². The fraction of sp³-hybridized carbons (Fsp3) is 0.348. The first-order valence-electron chi connectivity index (χ1n) is 11.5. The first-order chi connectivity index (χ1) is 18.3. The van der Waals surface area contributed by atoms with Gasteiger partial charge in [-0.3, -0.25) is 24.0 Å². The molecule has 0 saturated carbocycles. The van der Waals surface area contributed by atoms with E-state index in [4.69, 9.17) is 11.5 Å². The van der Waals surface area contributed by atoms with E-state index in [2.05, 4.69) is 25.9 Å². The lowest BCUT2D eigenvalue weighted by atomic mass is 10.0. The summed E-state index contributed by atoms with van der Waals surface area (Å²) >= 11 is 0. The number of hydrogen-bond donors (Lipinski definition) is 9. The summed E-state index contributed by atoms with van der Waals surface area (Å²) in [7, 11) is 0. The van der Waals surface area contributed by atoms with Crippen molar-refractivity contribution in [2.24, 2.45) is 11.5 Å². The maximum Gasteiger partial charge on any atom is 0.326 e. The molecule has 2 aromatic rings. The number of carboxylic acids is 2. The molecule has 0 bridgehead atoms. The van der Waals surface area contributed by atoms with Crippen LogP contribution in [0.1, 0.15) is 24.1 Å². The maximum atomic E-state index is 12.9. The Labute approximate surface area is 221 Å². The summed E-state index contributed by atoms with van der Waals surface area (Å²) in [5.74, 6) is -7.02. The Kier molecular flexibility index (Phi) is 10.9. The molecule has 1 heterocycles. The summed E-state index contributed by atoms with van der Waals surface area (Å²) in [5, 5.41) is 34.6. The first-order valence-corrected chi connectivity index (χ1v) is 11.5. The molecule has 0 aliphatic carbocycles. The molecule has 39 heavy (non-hydrogen) atoms. The smallest absolute Gasteiger partial charge is 0.326 e. The Morgan fingerprint density at radius 3 is 1.92 bits per heavy atom. The molecule has 1 aromatic carbocycles. The molecule has 2 rings (SSSR count). The minimum absolute atomic E-state index is 0.000464. The van der Waals surface area contributed by atoms with Crippen molar-refractivity contribution in [1.29, 1.82) is 0 Å². The Morgan fingerprint density at radius 1 is 0.846 bits per heavy atom. The number of phenolic OH excluding ortho intramolecular Hbond substituents is 1. The Bertz CT molecular complexity index is 1190. The molecule has 11 N–H and O–H groups in total. The Morgan fingerprint density at radius 2 is 1.41 bits per heavy atom. The molecule has 16 nitrogen and oxygen atoms in total. The lowest BCUT2D eigenvalue weighted by Crippen LogP contribution is -2.58. The van der Waals surface area contributed by atoms with Gasteiger partial charge in [-0.1, -0.05) is 12.1 Å². The number of amides is 4. The van der Waals surface area contributed by atoms with Gasteiger partial charge in [0.05, 0.1) is 25.2 Å². The summed E-state index contributed by atoms with van der Waals surface area (Å²) in [4.78, 5) is 79.2. The van der Waals surface area contributed by atoms with E-state index in [0.29, 0.717) is 11.3 Å². The number of nitrogens with one attached hydrogen (secondary N) is 4. The van der Waals surface area contributed by atoms with Crippen LogP contribution in [0.3, 0.4) is 0 Å². The number of aromatic amines is 1. The third-order valence-electron chi connectivity index (χ3n) is 5.37. The second kappa shape index (κ2) is 14.1. The number of carboxylic acid groups (broad SMARTS) is 2. The van der Waals surface area contributed by atoms with Crippen molar-refractivity contribution in [3.63, 3.8) is 0 Å². The van der Waals surface area contributed by atoms with Crippen LogP contribution < -0.4 is 27.4 Å². The molecule has 0 spiro atoms. The van der Waals surface area contributed by atoms with Crippen LogP contribution >= 0.6 is 0 Å². The second-order valence-corrected chi connectivity index (χ2v) is 8.55. The van der Waals surface area contributed by atoms with E-state index >= 15 is 0 Å². The molecule has 0 radical (unpaired) electrons. The molecule has 0 fully saturated rings. The van der Waals surface area contributed by atoms with Gasteiger partial charge in [-0.25, -0.2) is 9.78 Å². The van der Waals surface area contributed by atoms with E-state index in [0.717, 1.165) is 0 Å². The number of benzene rings is 1. The largest absolute Gasteiger partial charge is 0.508 e. The van der Waals surface area contributed by atoms with Crippen molar-refractivity contribution >= 4 is 35.6 Å². The second-order valence-electron chi connectivity index (χ2n) is 8.55. The molecule has 0 saturated heterocycles. The normalized spacial score (nSPS) is 13.8. The monoisotopic (exact) mass is 547 g/mol. The predicted molar refractivity (Wildman–Crippen MR) is 132 cm³/mol. The van der Waals surface area contributed by atoms with Crippen LogP contribution in [0.4, 0.5) is 0 Å². The summed E-state index contributed by atoms with van der Waals surface area (Å²) in [6, 6.07) is -0.258. The van der Waals surface area contributed by atoms with Gasteiger partial charge in [0, 0.05) is 18.3 Å². The highest BCUT2D eigenvalue weighted by Crippen LogP contribution is 2.11. The standard InChI is InChI=1S/C23H29N7O9/c24-14(5-11-1-3-13(31)4-2-11)20(35)28-16(8-19(33)34)22(37)29-15(7-18(25)32)21(36)30-17(23(38)39)6-12-9-26-10-27-12/h1-4,9-10,14-17,31H,5-8,24H2,(H2,25,32)(H,26,27)(H,28,35)(H,29,37)(H,30,36)(H,33,34)(H,38,39). The zero-order valence-corrected chi connectivity index (χ0v) is 20.5. The van der Waals surface area contributed by atoms with Crippen LogP contribution in [0.25, 0.3) is 0 Å². The fourth-order valence-corrected chi connectivity index (χ4v) is 3.41. The molecule has 4 amide bonds. The Balaban J connectivity index is 2.12. The zero-order valence-electron chi connectivity index (χ0n) is 20.5. The lowest BCUT2D eigenvalue weighted by Gasteiger charge is -2.24. The first kappa shape index (κ1) is 30.2. The molecule has 0 aliphatic rings. The van der Waals surface area contributed by atoms with Crippen molar-refractivity contribution in [1.82, 2.24) is 25.9 Å². The minimum atomic E-state index is -1.70. The highest BCUT2D eigenvalue weighted by Gasteiger charge is 2.32. The van der Waals surface area contributed by atoms with Crippen LogP contribution in [-0.2, 0) is 41.6 Å². The van der Waals surface area contributed by atoms with Gasteiger partial charge in [0.2, 0.25) is 23.6 Å². The average molecular weight is 548 g/mol. The Hall–Kier alpha value is -4.99. The molecular weight excluding hydrogens is 518 g/mol. The van der Waals surface area contributed by atoms with Crippen molar-refractivity contribution < 1.29 is 44.1 Å². The van der Waals surface area contributed by atoms with E-state index in [9.17, 15) is 44.1 Å². The van der Waals surface area contributed by atoms with Crippen LogP contribution in [0.2, 0.25) is 0 Å². The molecule has 16 heteroatoms. The number of rotatable bonds is 15. The molecular formula is C23H29N7O9. The summed E-state index contributed by atoms with van der Waals surface area (Å²) in [5.41, 5.74) is 12.0. The van der Waals surface area contributed by atoms with Gasteiger partial charge >= 0.3 is 11.9 Å². The van der Waals surface area contributed by atoms with Crippen LogP contribution in [-0.4, -0.2) is 85.0 Å². The van der Waals surface area contributed by atoms with Crippen molar-refractivity contribution in [2.75, 3.05) is 0 Å². The number of aliphatic carboxylic acids is 2. The van der Waals surface area contributed by atoms with Crippen molar-refractivity contribution in [3.8, 4) is 5.75 Å². The average Bonchev–Trinajstić information content (AvgIpc) is 3.36. The number of imidazole rings is 1. The number of nitrogens with zero attached hydrogens (tertiary/aromatic N) is 1. The molecule has 4 atom stereocenters. The molecule has 0 aliphatic heterocycles. The van der Waals surface area contributed by atoms with E-state index in [1.54, 1.807) is 0 Å². The quantitative estimate of drug-likeness (QED) is 0.109. The van der Waals surface area contributed by atoms with Gasteiger partial charge in [-0.15, -0.1) is 0 Å². The topological polar surface area (TPSA) is 280 Å². The van der Waals surface area contributed by atoms with Gasteiger partial charge in [0.15, 0.2) is 0 Å². The third-order valence-corrected chi connectivity index (χ3v) is 5.37. The summed E-state index contributed by atoms with van der Waals surface area (Å²) in [6.07, 6.45) is 0.798. The third kappa shape index (κ3) is 10.1. The van der Waals surface area contributed by atoms with E-state index in [1.807, 2.05) is 0 Å². The SMILES string of the molecule is NC(=O)CC(NC(=O)C(CC(=O)O)NC(=O)C(N)Cc1ccc(O)cc1)C(=O)NC(Cc1cnc[nH]1)C(=O)O. The van der Waals surface area contributed by atoms with Crippen LogP contribution in [0.15, 0.2) is 36.8 Å². The number of carbonyl (C=O) groups is 6. The molecule has 1 aromatic heterocycles. The van der Waals surface area contributed by atoms with Gasteiger partial charge < -0.3 is 47.7 Å². The zero-order chi connectivity index (χ0) is 29.1. The highest BCUT2D eigenvalue weighted by molar-refractivity contribution is 5.97. The van der Waals surface area contributed by atoms with E-state index < -0.39 is 72.6 Å². The highest BCUT2D eigenvalue weighted by atomic mass is 16.4. The van der Waals surface area contributed by atoms with Gasteiger partial charge in [-0.2, -0.15) is 0 Å². The number of aromatic nitrogens is 2. The predicted octanol–water partition coefficient (Wildman–Crippen LogP) is -2.88. The van der Waals surface area contributed by atoms with Gasteiger partial charge in [-0.05, 0) is 24.1 Å². The number of hydrogen-bond acceptors (Lipinski definition) is 9. The number of H-pyrrole nitrogens is 1. The maximum absolute atomic E-state index is 12.9. The van der Waals surface area contributed by atoms with Gasteiger partial charge in [0.25, 0.3) is 0 Å². The summed E-state index contributed by atoms with van der Waals surface area (Å²) < 4.78 is 0. The number of aromatic hydroxyl groups is 1. The fourth-order valence-electron chi connectivity index (χ4n) is 3.41. The number of nitrogens with two attached hydrogens (primary N) is 2. The van der Waals surface area contributed by atoms with Crippen LogP contribution in [0, 0.1) is 0 Å². The van der Waals surface area contributed by atoms with Crippen molar-refractivity contribution in [2.45, 2.75) is 49.9 Å². The van der Waals surface area contributed by atoms with E-state index in [1.165, 1.54) is 36.8 Å². The number of phenols is 1. The van der Waals surface area contributed by atoms with E-state index in [-0.39, 0.29) is 18.6 Å². The summed E-state index contributed by atoms with van der Waals surface area (Å²) in [6.45, 7) is 0. The number of carbonyl (C=O) groups excluding carboxylic acids is 4. The van der Waals surface area contributed by atoms with Crippen LogP contribution in [0.5, 0.6) is 5.75 Å². The lowest BCUT2D eigenvalue weighted by molar-refractivity contribution is -0.143.